The lowest BCUT2D eigenvalue weighted by Crippen LogP contribution is -2.60. The summed E-state index contributed by atoms with van der Waals surface area (Å²) in [4.78, 5) is 13.1. The number of allylic oxidation sites excluding steroid dienone is 4. The molecular formula is C57H109NO10. The Balaban J connectivity index is 2.33. The highest BCUT2D eigenvalue weighted by Crippen LogP contribution is 2.23. The molecule has 1 fully saturated rings. The van der Waals surface area contributed by atoms with E-state index in [1.807, 2.05) is 0 Å². The molecule has 68 heavy (non-hydrogen) atoms. The van der Waals surface area contributed by atoms with Crippen molar-refractivity contribution >= 4 is 5.91 Å². The Bertz CT molecular complexity index is 1160. The van der Waals surface area contributed by atoms with E-state index in [9.17, 15) is 40.5 Å². The average molecular weight is 968 g/mol. The van der Waals surface area contributed by atoms with Gasteiger partial charge in [0.2, 0.25) is 5.91 Å². The minimum Gasteiger partial charge on any atom is -0.394 e. The molecule has 0 aromatic heterocycles. The Labute approximate surface area is 416 Å². The summed E-state index contributed by atoms with van der Waals surface area (Å²) in [5.74, 6) is -0.707. The first-order valence-electron chi connectivity index (χ1n) is 28.7. The van der Waals surface area contributed by atoms with Gasteiger partial charge >= 0.3 is 0 Å². The van der Waals surface area contributed by atoms with E-state index >= 15 is 0 Å². The second-order valence-electron chi connectivity index (χ2n) is 20.4. The molecule has 1 heterocycles. The highest BCUT2D eigenvalue weighted by molar-refractivity contribution is 5.80. The zero-order valence-corrected chi connectivity index (χ0v) is 43.9. The molecule has 1 aliphatic heterocycles. The van der Waals surface area contributed by atoms with Crippen LogP contribution in [0.15, 0.2) is 24.3 Å². The summed E-state index contributed by atoms with van der Waals surface area (Å²) in [6, 6.07) is -1.19. The van der Waals surface area contributed by atoms with Gasteiger partial charge in [-0.05, 0) is 51.4 Å². The van der Waals surface area contributed by atoms with Gasteiger partial charge in [0, 0.05) is 0 Å². The maximum Gasteiger partial charge on any atom is 0.249 e. The van der Waals surface area contributed by atoms with E-state index in [0.29, 0.717) is 19.3 Å². The number of amides is 1. The van der Waals surface area contributed by atoms with E-state index in [0.717, 1.165) is 38.5 Å². The third kappa shape index (κ3) is 34.8. The van der Waals surface area contributed by atoms with Crippen LogP contribution in [0.4, 0.5) is 0 Å². The van der Waals surface area contributed by atoms with Crippen molar-refractivity contribution in [2.24, 2.45) is 0 Å². The van der Waals surface area contributed by atoms with E-state index in [1.165, 1.54) is 180 Å². The van der Waals surface area contributed by atoms with Gasteiger partial charge in [0.1, 0.15) is 36.6 Å². The lowest BCUT2D eigenvalue weighted by atomic mass is 9.98. The molecule has 1 aliphatic rings. The molecule has 0 bridgehead atoms. The van der Waals surface area contributed by atoms with Gasteiger partial charge in [-0.15, -0.1) is 0 Å². The molecular weight excluding hydrogens is 859 g/mol. The van der Waals surface area contributed by atoms with Crippen LogP contribution >= 0.6 is 0 Å². The van der Waals surface area contributed by atoms with Crippen molar-refractivity contribution in [3.05, 3.63) is 24.3 Å². The summed E-state index contributed by atoms with van der Waals surface area (Å²) in [7, 11) is 0. The summed E-state index contributed by atoms with van der Waals surface area (Å²) >= 11 is 0. The van der Waals surface area contributed by atoms with Crippen LogP contribution in [0.3, 0.4) is 0 Å². The lowest BCUT2D eigenvalue weighted by molar-refractivity contribution is -0.303. The molecule has 0 aromatic carbocycles. The van der Waals surface area contributed by atoms with E-state index in [4.69, 9.17) is 9.47 Å². The van der Waals surface area contributed by atoms with Gasteiger partial charge in [-0.2, -0.15) is 0 Å². The largest absolute Gasteiger partial charge is 0.394 e. The number of aliphatic hydroxyl groups is 7. The number of hydrogen-bond donors (Lipinski definition) is 8. The first-order valence-corrected chi connectivity index (χ1v) is 28.7. The normalized spacial score (nSPS) is 20.6. The molecule has 0 radical (unpaired) electrons. The van der Waals surface area contributed by atoms with Crippen molar-refractivity contribution < 1.29 is 50.0 Å². The van der Waals surface area contributed by atoms with Crippen molar-refractivity contribution in [3.63, 3.8) is 0 Å². The second kappa shape index (κ2) is 46.6. The maximum absolute atomic E-state index is 13.1. The van der Waals surface area contributed by atoms with Gasteiger partial charge < -0.3 is 50.5 Å². The van der Waals surface area contributed by atoms with E-state index in [-0.39, 0.29) is 12.8 Å². The molecule has 1 saturated heterocycles. The molecule has 0 aromatic rings. The molecule has 402 valence electrons. The average Bonchev–Trinajstić information content (AvgIpc) is 3.34. The predicted molar refractivity (Wildman–Crippen MR) is 279 cm³/mol. The fourth-order valence-corrected chi connectivity index (χ4v) is 9.28. The Morgan fingerprint density at radius 2 is 0.882 bits per heavy atom. The molecule has 9 atom stereocenters. The molecule has 9 unspecified atom stereocenters. The summed E-state index contributed by atoms with van der Waals surface area (Å²) in [5, 5.41) is 76.0. The van der Waals surface area contributed by atoms with Crippen LogP contribution in [-0.4, -0.2) is 110 Å². The number of hydrogen-bond acceptors (Lipinski definition) is 10. The number of aliphatic hydroxyl groups excluding tert-OH is 7. The molecule has 0 spiro atoms. The predicted octanol–water partition coefficient (Wildman–Crippen LogP) is 11.7. The highest BCUT2D eigenvalue weighted by atomic mass is 16.7. The quantitative estimate of drug-likeness (QED) is 0.0215. The van der Waals surface area contributed by atoms with Crippen LogP contribution in [-0.2, 0) is 14.3 Å². The van der Waals surface area contributed by atoms with Gasteiger partial charge in [0.15, 0.2) is 6.29 Å². The number of rotatable bonds is 49. The lowest BCUT2D eigenvalue weighted by Gasteiger charge is -2.40. The molecule has 1 rings (SSSR count). The van der Waals surface area contributed by atoms with E-state index in [1.54, 1.807) is 0 Å². The summed E-state index contributed by atoms with van der Waals surface area (Å²) in [6.07, 6.45) is 43.8. The molecule has 11 heteroatoms. The fourth-order valence-electron chi connectivity index (χ4n) is 9.28. The SMILES string of the molecule is CCCCCCCCCCCCCCCCCCC/C=C/CC/C=C/CCCC(O)C(O)C(COC1OC(CO)C(O)C(O)C1O)NC(=O)C(O)CCCCCCCCCCCCCCCCC. The van der Waals surface area contributed by atoms with Crippen LogP contribution in [0.25, 0.3) is 0 Å². The van der Waals surface area contributed by atoms with Crippen LogP contribution in [0.1, 0.15) is 264 Å². The van der Waals surface area contributed by atoms with Crippen molar-refractivity contribution in [1.29, 1.82) is 0 Å². The van der Waals surface area contributed by atoms with Crippen LogP contribution < -0.4 is 5.32 Å². The van der Waals surface area contributed by atoms with Gasteiger partial charge in [0.25, 0.3) is 0 Å². The van der Waals surface area contributed by atoms with Gasteiger partial charge in [0.05, 0.1) is 25.4 Å². The van der Waals surface area contributed by atoms with Crippen LogP contribution in [0.2, 0.25) is 0 Å². The third-order valence-corrected chi connectivity index (χ3v) is 14.0. The van der Waals surface area contributed by atoms with Crippen molar-refractivity contribution in [2.45, 2.75) is 319 Å². The van der Waals surface area contributed by atoms with E-state index < -0.39 is 74.2 Å². The first-order chi connectivity index (χ1) is 33.2. The number of carbonyl (C=O) groups excluding carboxylic acids is 1. The van der Waals surface area contributed by atoms with Crippen molar-refractivity contribution in [2.75, 3.05) is 13.2 Å². The molecule has 0 aliphatic carbocycles. The monoisotopic (exact) mass is 968 g/mol. The molecule has 11 nitrogen and oxygen atoms in total. The number of unbranched alkanes of at least 4 members (excludes halogenated alkanes) is 33. The Kier molecular flexibility index (Phi) is 44.3. The summed E-state index contributed by atoms with van der Waals surface area (Å²) in [5.41, 5.74) is 0. The molecule has 8 N–H and O–H groups in total. The van der Waals surface area contributed by atoms with Crippen molar-refractivity contribution in [3.8, 4) is 0 Å². The Morgan fingerprint density at radius 1 is 0.500 bits per heavy atom. The fraction of sp³-hybridized carbons (Fsp3) is 0.912. The number of carbonyl (C=O) groups is 1. The van der Waals surface area contributed by atoms with Gasteiger partial charge in [-0.3, -0.25) is 4.79 Å². The third-order valence-electron chi connectivity index (χ3n) is 14.0. The van der Waals surface area contributed by atoms with Crippen LogP contribution in [0, 0.1) is 0 Å². The first kappa shape index (κ1) is 64.6. The Morgan fingerprint density at radius 3 is 1.31 bits per heavy atom. The number of ether oxygens (including phenoxy) is 2. The standard InChI is InChI=1S/C57H109NO10/c1-3-5-7-9-11-13-15-17-19-20-21-22-23-24-25-26-27-28-29-31-32-34-36-38-40-42-44-49(60)52(62)48(47-67-57-55(65)54(64)53(63)51(46-59)68-57)58-56(66)50(61)45-43-41-39-37-35-33-30-18-16-14-12-10-8-6-4-2/h29,31,36,38,48-55,57,59-65H,3-28,30,32-35,37,39-47H2,1-2H3,(H,58,66)/b31-29+,38-36+. The topological polar surface area (TPSA) is 189 Å². The van der Waals surface area contributed by atoms with Gasteiger partial charge in [-0.1, -0.05) is 237 Å². The van der Waals surface area contributed by atoms with E-state index in [2.05, 4.69) is 43.5 Å². The number of nitrogens with one attached hydrogen (secondary N) is 1. The minimum absolute atomic E-state index is 0.249. The second-order valence-corrected chi connectivity index (χ2v) is 20.4. The van der Waals surface area contributed by atoms with Crippen LogP contribution in [0.5, 0.6) is 0 Å². The highest BCUT2D eigenvalue weighted by Gasteiger charge is 2.44. The van der Waals surface area contributed by atoms with Crippen molar-refractivity contribution in [1.82, 2.24) is 5.32 Å². The maximum atomic E-state index is 13.1. The minimum atomic E-state index is -1.67. The summed E-state index contributed by atoms with van der Waals surface area (Å²) in [6.45, 7) is 3.46. The Hall–Kier alpha value is -1.41. The smallest absolute Gasteiger partial charge is 0.249 e. The summed E-state index contributed by atoms with van der Waals surface area (Å²) < 4.78 is 11.1. The molecule has 0 saturated carbocycles. The molecule has 1 amide bonds. The zero-order chi connectivity index (χ0) is 49.7. The zero-order valence-electron chi connectivity index (χ0n) is 43.9. The van der Waals surface area contributed by atoms with Gasteiger partial charge in [-0.25, -0.2) is 0 Å².